The lowest BCUT2D eigenvalue weighted by molar-refractivity contribution is 0.0996. The predicted molar refractivity (Wildman–Crippen MR) is 148 cm³/mol. The molecule has 0 atom stereocenters. The van der Waals surface area contributed by atoms with Crippen LogP contribution in [0.25, 0.3) is 10.9 Å². The van der Waals surface area contributed by atoms with E-state index in [-0.39, 0.29) is 35.6 Å². The molecular weight excluding hydrogens is 541 g/mol. The summed E-state index contributed by atoms with van der Waals surface area (Å²) in [7, 11) is 0. The lowest BCUT2D eigenvalue weighted by Crippen LogP contribution is -2.38. The minimum atomic E-state index is -0.269. The molecule has 0 radical (unpaired) electrons. The highest BCUT2D eigenvalue weighted by Gasteiger charge is 2.08. The standard InChI is InChI=1S/C26H29N5O2.HI/c1-3-27-26(28-13-12-20-17-29-23-15-18(2)6-11-22(20)23)30-16-19-7-9-21(10-8-19)31-25(32)24-5-4-14-33-24;/h4-11,14-15,17,29H,3,12-13,16H2,1-2H3,(H,31,32)(H2,27,28,30);1H. The van der Waals surface area contributed by atoms with Gasteiger partial charge in [0.2, 0.25) is 0 Å². The van der Waals surface area contributed by atoms with Crippen molar-refractivity contribution in [3.05, 3.63) is 89.5 Å². The number of nitrogens with one attached hydrogen (secondary N) is 4. The van der Waals surface area contributed by atoms with Gasteiger partial charge in [-0.25, -0.2) is 4.99 Å². The van der Waals surface area contributed by atoms with Crippen molar-refractivity contribution in [3.8, 4) is 0 Å². The third-order valence-electron chi connectivity index (χ3n) is 5.33. The van der Waals surface area contributed by atoms with Crippen LogP contribution in [-0.4, -0.2) is 29.9 Å². The minimum absolute atomic E-state index is 0. The Hall–Kier alpha value is -3.27. The number of carbonyl (C=O) groups excluding carboxylic acids is 1. The number of benzene rings is 2. The summed E-state index contributed by atoms with van der Waals surface area (Å²) in [5.74, 6) is 0.797. The first-order chi connectivity index (χ1) is 16.1. The molecule has 4 N–H and O–H groups in total. The first-order valence-electron chi connectivity index (χ1n) is 11.1. The molecule has 1 amide bonds. The number of guanidine groups is 1. The van der Waals surface area contributed by atoms with Gasteiger partial charge in [-0.15, -0.1) is 24.0 Å². The van der Waals surface area contributed by atoms with Crippen LogP contribution in [0.5, 0.6) is 0 Å². The monoisotopic (exact) mass is 571 g/mol. The van der Waals surface area contributed by atoms with Gasteiger partial charge in [0.1, 0.15) is 0 Å². The number of nitrogens with zero attached hydrogens (tertiary/aromatic N) is 1. The molecule has 0 fully saturated rings. The van der Waals surface area contributed by atoms with E-state index in [9.17, 15) is 4.79 Å². The van der Waals surface area contributed by atoms with Gasteiger partial charge >= 0.3 is 0 Å². The quantitative estimate of drug-likeness (QED) is 0.132. The molecule has 0 spiro atoms. The molecule has 0 aliphatic heterocycles. The number of carbonyl (C=O) groups is 1. The Morgan fingerprint density at radius 1 is 1.09 bits per heavy atom. The summed E-state index contributed by atoms with van der Waals surface area (Å²) in [5, 5.41) is 10.8. The average Bonchev–Trinajstić information content (AvgIpc) is 3.49. The lowest BCUT2D eigenvalue weighted by atomic mass is 10.1. The van der Waals surface area contributed by atoms with Crippen LogP contribution in [0.1, 0.15) is 34.2 Å². The molecule has 7 nitrogen and oxygen atoms in total. The molecule has 4 rings (SSSR count). The van der Waals surface area contributed by atoms with Crippen molar-refractivity contribution in [2.75, 3.05) is 18.4 Å². The number of aryl methyl sites for hydroxylation is 1. The Morgan fingerprint density at radius 2 is 1.91 bits per heavy atom. The lowest BCUT2D eigenvalue weighted by Gasteiger charge is -2.11. The van der Waals surface area contributed by atoms with Gasteiger partial charge in [0.15, 0.2) is 11.7 Å². The van der Waals surface area contributed by atoms with Gasteiger partial charge in [-0.1, -0.05) is 24.3 Å². The number of aromatic amines is 1. The van der Waals surface area contributed by atoms with E-state index in [2.05, 4.69) is 59.2 Å². The largest absolute Gasteiger partial charge is 0.459 e. The molecule has 8 heteroatoms. The summed E-state index contributed by atoms with van der Waals surface area (Å²) < 4.78 is 5.12. The average molecular weight is 571 g/mol. The Labute approximate surface area is 216 Å². The number of aromatic nitrogens is 1. The number of hydrogen-bond acceptors (Lipinski definition) is 3. The summed E-state index contributed by atoms with van der Waals surface area (Å²) in [6, 6.07) is 17.5. The van der Waals surface area contributed by atoms with E-state index in [1.54, 1.807) is 12.1 Å². The van der Waals surface area contributed by atoms with E-state index in [1.165, 1.54) is 28.3 Å². The second-order valence-electron chi connectivity index (χ2n) is 7.86. The molecule has 178 valence electrons. The molecule has 34 heavy (non-hydrogen) atoms. The highest BCUT2D eigenvalue weighted by Crippen LogP contribution is 2.19. The first-order valence-corrected chi connectivity index (χ1v) is 11.1. The number of fused-ring (bicyclic) bond motifs is 1. The fourth-order valence-corrected chi connectivity index (χ4v) is 3.63. The van der Waals surface area contributed by atoms with Gasteiger partial charge in [-0.05, 0) is 67.3 Å². The number of H-pyrrole nitrogens is 1. The topological polar surface area (TPSA) is 94.4 Å². The molecule has 0 bridgehead atoms. The number of rotatable bonds is 8. The third kappa shape index (κ3) is 6.63. The fourth-order valence-electron chi connectivity index (χ4n) is 3.63. The predicted octanol–water partition coefficient (Wildman–Crippen LogP) is 5.24. The van der Waals surface area contributed by atoms with Gasteiger partial charge in [-0.3, -0.25) is 4.79 Å². The van der Waals surface area contributed by atoms with Crippen LogP contribution in [0.3, 0.4) is 0 Å². The maximum absolute atomic E-state index is 12.1. The first kappa shape index (κ1) is 25.4. The molecule has 0 unspecified atom stereocenters. The zero-order chi connectivity index (χ0) is 23.0. The van der Waals surface area contributed by atoms with E-state index < -0.39 is 0 Å². The second-order valence-corrected chi connectivity index (χ2v) is 7.86. The van der Waals surface area contributed by atoms with Gasteiger partial charge in [0, 0.05) is 35.9 Å². The van der Waals surface area contributed by atoms with Crippen molar-refractivity contribution < 1.29 is 9.21 Å². The van der Waals surface area contributed by atoms with Crippen molar-refractivity contribution >= 4 is 52.4 Å². The van der Waals surface area contributed by atoms with Crippen LogP contribution in [0, 0.1) is 6.92 Å². The Balaban J connectivity index is 0.00000324. The van der Waals surface area contributed by atoms with Crippen molar-refractivity contribution in [2.45, 2.75) is 26.8 Å². The van der Waals surface area contributed by atoms with Gasteiger partial charge in [-0.2, -0.15) is 0 Å². The Morgan fingerprint density at radius 3 is 2.65 bits per heavy atom. The molecule has 0 saturated carbocycles. The smallest absolute Gasteiger partial charge is 0.291 e. The molecule has 0 saturated heterocycles. The maximum Gasteiger partial charge on any atom is 0.291 e. The molecule has 0 aliphatic carbocycles. The van der Waals surface area contributed by atoms with Crippen molar-refractivity contribution in [3.63, 3.8) is 0 Å². The highest BCUT2D eigenvalue weighted by atomic mass is 127. The van der Waals surface area contributed by atoms with Gasteiger partial charge < -0.3 is 25.4 Å². The Kier molecular flexibility index (Phi) is 9.15. The van der Waals surface area contributed by atoms with Crippen LogP contribution < -0.4 is 16.0 Å². The number of aliphatic imine (C=N–C) groups is 1. The molecule has 2 heterocycles. The minimum Gasteiger partial charge on any atom is -0.459 e. The number of furan rings is 1. The number of amides is 1. The van der Waals surface area contributed by atoms with Crippen LogP contribution in [0.2, 0.25) is 0 Å². The summed E-state index contributed by atoms with van der Waals surface area (Å²) in [6.45, 7) is 6.26. The van der Waals surface area contributed by atoms with E-state index >= 15 is 0 Å². The zero-order valence-electron chi connectivity index (χ0n) is 19.4. The van der Waals surface area contributed by atoms with Crippen molar-refractivity contribution in [2.24, 2.45) is 4.99 Å². The molecule has 2 aromatic heterocycles. The molecule has 2 aromatic carbocycles. The van der Waals surface area contributed by atoms with Crippen molar-refractivity contribution in [1.29, 1.82) is 0 Å². The van der Waals surface area contributed by atoms with Crippen molar-refractivity contribution in [1.82, 2.24) is 15.6 Å². The molecular formula is C26H30IN5O2. The highest BCUT2D eigenvalue weighted by molar-refractivity contribution is 14.0. The SMILES string of the molecule is CCNC(=NCc1ccc(NC(=O)c2ccco2)cc1)NCCc1c[nH]c2cc(C)ccc12.I. The van der Waals surface area contributed by atoms with Crippen LogP contribution in [0.15, 0.2) is 76.5 Å². The van der Waals surface area contributed by atoms with E-state index in [0.717, 1.165) is 31.0 Å². The van der Waals surface area contributed by atoms with E-state index in [0.29, 0.717) is 12.2 Å². The van der Waals surface area contributed by atoms with E-state index in [4.69, 9.17) is 9.41 Å². The summed E-state index contributed by atoms with van der Waals surface area (Å²) >= 11 is 0. The van der Waals surface area contributed by atoms with Crippen LogP contribution in [0.4, 0.5) is 5.69 Å². The number of anilines is 1. The summed E-state index contributed by atoms with van der Waals surface area (Å²) in [5.41, 5.74) is 5.48. The van der Waals surface area contributed by atoms with E-state index in [1.807, 2.05) is 24.3 Å². The molecule has 4 aromatic rings. The summed E-state index contributed by atoms with van der Waals surface area (Å²) in [4.78, 5) is 20.1. The van der Waals surface area contributed by atoms with Gasteiger partial charge in [0.05, 0.1) is 12.8 Å². The van der Waals surface area contributed by atoms with Crippen LogP contribution >= 0.6 is 24.0 Å². The fraction of sp³-hybridized carbons (Fsp3) is 0.231. The second kappa shape index (κ2) is 12.3. The summed E-state index contributed by atoms with van der Waals surface area (Å²) in [6.07, 6.45) is 4.47. The zero-order valence-corrected chi connectivity index (χ0v) is 21.7. The third-order valence-corrected chi connectivity index (χ3v) is 5.33. The normalized spacial score (nSPS) is 11.2. The number of hydrogen-bond donors (Lipinski definition) is 4. The number of halogens is 1. The Bertz CT molecular complexity index is 1230. The van der Waals surface area contributed by atoms with Crippen LogP contribution in [-0.2, 0) is 13.0 Å². The van der Waals surface area contributed by atoms with Gasteiger partial charge in [0.25, 0.3) is 5.91 Å². The molecule has 0 aliphatic rings. The maximum atomic E-state index is 12.1.